The van der Waals surface area contributed by atoms with Crippen molar-refractivity contribution in [1.29, 1.82) is 0 Å². The van der Waals surface area contributed by atoms with Gasteiger partial charge < -0.3 is 9.84 Å². The standard InChI is InChI=1S/C14H15ClN2O3/c1-10-13(15)9-16-17(10)7-2-8-20-12-5-3-11(4-6-12)14(18)19/h3-6,9H,2,7-8H2,1H3,(H,18,19). The molecule has 0 atom stereocenters. The van der Waals surface area contributed by atoms with E-state index in [2.05, 4.69) is 5.10 Å². The molecule has 0 amide bonds. The second-order valence-corrected chi connectivity index (χ2v) is 4.74. The monoisotopic (exact) mass is 294 g/mol. The predicted octanol–water partition coefficient (Wildman–Crippen LogP) is 3.01. The molecular formula is C14H15ClN2O3. The maximum Gasteiger partial charge on any atom is 0.335 e. The van der Waals surface area contributed by atoms with Crippen molar-refractivity contribution in [3.63, 3.8) is 0 Å². The first kappa shape index (κ1) is 14.4. The van der Waals surface area contributed by atoms with Gasteiger partial charge in [0.2, 0.25) is 0 Å². The summed E-state index contributed by atoms with van der Waals surface area (Å²) >= 11 is 5.92. The van der Waals surface area contributed by atoms with E-state index in [0.29, 0.717) is 17.4 Å². The molecule has 2 rings (SSSR count). The van der Waals surface area contributed by atoms with Crippen LogP contribution in [0.25, 0.3) is 0 Å². The summed E-state index contributed by atoms with van der Waals surface area (Å²) < 4.78 is 7.37. The minimum Gasteiger partial charge on any atom is -0.494 e. The molecule has 0 aliphatic heterocycles. The molecule has 1 aromatic carbocycles. The Morgan fingerprint density at radius 1 is 1.40 bits per heavy atom. The first-order chi connectivity index (χ1) is 9.58. The van der Waals surface area contributed by atoms with Crippen LogP contribution in [0.3, 0.4) is 0 Å². The number of carboxylic acids is 1. The van der Waals surface area contributed by atoms with Crippen molar-refractivity contribution in [2.45, 2.75) is 19.9 Å². The zero-order valence-electron chi connectivity index (χ0n) is 11.0. The number of carboxylic acid groups (broad SMARTS) is 1. The summed E-state index contributed by atoms with van der Waals surface area (Å²) in [4.78, 5) is 10.7. The summed E-state index contributed by atoms with van der Waals surface area (Å²) in [6.45, 7) is 3.18. The molecule has 0 fully saturated rings. The van der Waals surface area contributed by atoms with Crippen LogP contribution in [0.15, 0.2) is 30.5 Å². The topological polar surface area (TPSA) is 64.4 Å². The number of nitrogens with zero attached hydrogens (tertiary/aromatic N) is 2. The maximum absolute atomic E-state index is 10.7. The Labute approximate surface area is 121 Å². The van der Waals surface area contributed by atoms with Crippen LogP contribution in [-0.4, -0.2) is 27.5 Å². The molecule has 106 valence electrons. The number of halogens is 1. The smallest absolute Gasteiger partial charge is 0.335 e. The van der Waals surface area contributed by atoms with Crippen LogP contribution in [0.1, 0.15) is 22.5 Å². The molecule has 0 aliphatic carbocycles. The Balaban J connectivity index is 1.78. The third-order valence-corrected chi connectivity index (χ3v) is 3.30. The van der Waals surface area contributed by atoms with Crippen molar-refractivity contribution in [3.8, 4) is 5.75 Å². The lowest BCUT2D eigenvalue weighted by molar-refractivity contribution is 0.0697. The van der Waals surface area contributed by atoms with Gasteiger partial charge in [-0.1, -0.05) is 11.6 Å². The highest BCUT2D eigenvalue weighted by atomic mass is 35.5. The Morgan fingerprint density at radius 3 is 2.65 bits per heavy atom. The second kappa shape index (κ2) is 6.43. The van der Waals surface area contributed by atoms with Crippen LogP contribution in [0.5, 0.6) is 5.75 Å². The number of carbonyl (C=O) groups is 1. The summed E-state index contributed by atoms with van der Waals surface area (Å²) in [5.74, 6) is -0.284. The Morgan fingerprint density at radius 2 is 2.10 bits per heavy atom. The van der Waals surface area contributed by atoms with Gasteiger partial charge in [0.05, 0.1) is 29.1 Å². The number of hydrogen-bond donors (Lipinski definition) is 1. The number of benzene rings is 1. The molecule has 0 bridgehead atoms. The van der Waals surface area contributed by atoms with Crippen molar-refractivity contribution in [2.24, 2.45) is 0 Å². The van der Waals surface area contributed by atoms with E-state index >= 15 is 0 Å². The van der Waals surface area contributed by atoms with Gasteiger partial charge in [-0.2, -0.15) is 5.10 Å². The molecule has 5 nitrogen and oxygen atoms in total. The third-order valence-electron chi connectivity index (χ3n) is 2.93. The average Bonchev–Trinajstić information content (AvgIpc) is 2.76. The predicted molar refractivity (Wildman–Crippen MR) is 75.5 cm³/mol. The lowest BCUT2D eigenvalue weighted by Crippen LogP contribution is -2.07. The van der Waals surface area contributed by atoms with E-state index in [1.54, 1.807) is 18.3 Å². The Kier molecular flexibility index (Phi) is 4.63. The normalized spacial score (nSPS) is 10.5. The van der Waals surface area contributed by atoms with Crippen LogP contribution in [0, 0.1) is 6.92 Å². The van der Waals surface area contributed by atoms with Crippen LogP contribution >= 0.6 is 11.6 Å². The highest BCUT2D eigenvalue weighted by Gasteiger charge is 2.04. The number of aromatic carboxylic acids is 1. The highest BCUT2D eigenvalue weighted by Crippen LogP contribution is 2.14. The van der Waals surface area contributed by atoms with Crippen molar-refractivity contribution in [1.82, 2.24) is 9.78 Å². The molecule has 1 aromatic heterocycles. The highest BCUT2D eigenvalue weighted by molar-refractivity contribution is 6.31. The molecule has 6 heteroatoms. The second-order valence-electron chi connectivity index (χ2n) is 4.33. The molecular weight excluding hydrogens is 280 g/mol. The maximum atomic E-state index is 10.7. The van der Waals surface area contributed by atoms with Crippen molar-refractivity contribution in [2.75, 3.05) is 6.61 Å². The Bertz CT molecular complexity index is 593. The number of aromatic nitrogens is 2. The molecule has 20 heavy (non-hydrogen) atoms. The van der Waals surface area contributed by atoms with E-state index in [4.69, 9.17) is 21.4 Å². The van der Waals surface area contributed by atoms with Crippen LogP contribution in [-0.2, 0) is 6.54 Å². The van der Waals surface area contributed by atoms with Gasteiger partial charge in [-0.15, -0.1) is 0 Å². The first-order valence-corrected chi connectivity index (χ1v) is 6.60. The minimum atomic E-state index is -0.942. The van der Waals surface area contributed by atoms with Crippen LogP contribution in [0.4, 0.5) is 0 Å². The van der Waals surface area contributed by atoms with Gasteiger partial charge in [0.15, 0.2) is 0 Å². The molecule has 0 unspecified atom stereocenters. The van der Waals surface area contributed by atoms with E-state index in [1.165, 1.54) is 12.1 Å². The van der Waals surface area contributed by atoms with Gasteiger partial charge in [0.1, 0.15) is 5.75 Å². The minimum absolute atomic E-state index is 0.249. The molecule has 0 spiro atoms. The lowest BCUT2D eigenvalue weighted by Gasteiger charge is -2.07. The first-order valence-electron chi connectivity index (χ1n) is 6.22. The van der Waals surface area contributed by atoms with E-state index < -0.39 is 5.97 Å². The molecule has 0 aliphatic rings. The summed E-state index contributed by atoms with van der Waals surface area (Å²) in [5.41, 5.74) is 1.19. The molecule has 0 radical (unpaired) electrons. The van der Waals surface area contributed by atoms with E-state index in [1.807, 2.05) is 11.6 Å². The SMILES string of the molecule is Cc1c(Cl)cnn1CCCOc1ccc(C(=O)O)cc1. The number of aryl methyl sites for hydroxylation is 1. The van der Waals surface area contributed by atoms with Gasteiger partial charge >= 0.3 is 5.97 Å². The fourth-order valence-electron chi connectivity index (χ4n) is 1.75. The van der Waals surface area contributed by atoms with Crippen molar-refractivity contribution in [3.05, 3.63) is 46.7 Å². The van der Waals surface area contributed by atoms with E-state index in [9.17, 15) is 4.79 Å². The van der Waals surface area contributed by atoms with Crippen LogP contribution in [0.2, 0.25) is 5.02 Å². The Hall–Kier alpha value is -2.01. The summed E-state index contributed by atoms with van der Waals surface area (Å²) in [5, 5.41) is 13.6. The van der Waals surface area contributed by atoms with Gasteiger partial charge in [-0.25, -0.2) is 4.79 Å². The van der Waals surface area contributed by atoms with Gasteiger partial charge in [-0.3, -0.25) is 4.68 Å². The van der Waals surface area contributed by atoms with E-state index in [0.717, 1.165) is 18.7 Å². The lowest BCUT2D eigenvalue weighted by atomic mass is 10.2. The number of hydrogen-bond acceptors (Lipinski definition) is 3. The van der Waals surface area contributed by atoms with Gasteiger partial charge in [0, 0.05) is 13.0 Å². The average molecular weight is 295 g/mol. The third kappa shape index (κ3) is 3.51. The molecule has 2 aromatic rings. The van der Waals surface area contributed by atoms with Crippen LogP contribution < -0.4 is 4.74 Å². The van der Waals surface area contributed by atoms with Crippen molar-refractivity contribution >= 4 is 17.6 Å². The largest absolute Gasteiger partial charge is 0.494 e. The fourth-order valence-corrected chi connectivity index (χ4v) is 1.89. The summed E-state index contributed by atoms with van der Waals surface area (Å²) in [6, 6.07) is 6.35. The summed E-state index contributed by atoms with van der Waals surface area (Å²) in [6.07, 6.45) is 2.42. The fraction of sp³-hybridized carbons (Fsp3) is 0.286. The van der Waals surface area contributed by atoms with Gasteiger partial charge in [-0.05, 0) is 31.2 Å². The number of rotatable bonds is 6. The quantitative estimate of drug-likeness (QED) is 0.832. The molecule has 1 heterocycles. The molecule has 0 saturated carbocycles. The zero-order valence-corrected chi connectivity index (χ0v) is 11.8. The van der Waals surface area contributed by atoms with Gasteiger partial charge in [0.25, 0.3) is 0 Å². The molecule has 1 N–H and O–H groups in total. The number of ether oxygens (including phenoxy) is 1. The summed E-state index contributed by atoms with van der Waals surface area (Å²) in [7, 11) is 0. The zero-order chi connectivity index (χ0) is 14.5. The van der Waals surface area contributed by atoms with E-state index in [-0.39, 0.29) is 5.56 Å². The molecule has 0 saturated heterocycles. The van der Waals surface area contributed by atoms with Crippen molar-refractivity contribution < 1.29 is 14.6 Å².